The van der Waals surface area contributed by atoms with Crippen LogP contribution in [0.25, 0.3) is 0 Å². The van der Waals surface area contributed by atoms with E-state index in [9.17, 15) is 0 Å². The Bertz CT molecular complexity index is 928. The van der Waals surface area contributed by atoms with Gasteiger partial charge in [0.2, 0.25) is 0 Å². The summed E-state index contributed by atoms with van der Waals surface area (Å²) in [6, 6.07) is 7.41. The van der Waals surface area contributed by atoms with Gasteiger partial charge in [-0.25, -0.2) is 4.68 Å². The Morgan fingerprint density at radius 2 is 1.89 bits per heavy atom. The Hall–Kier alpha value is -2.31. The number of nitrogens with zero attached hydrogens (tertiary/aromatic N) is 4. The van der Waals surface area contributed by atoms with Crippen molar-refractivity contribution in [3.63, 3.8) is 0 Å². The molecule has 0 atom stereocenters. The van der Waals surface area contributed by atoms with Crippen molar-refractivity contribution >= 4 is 35.4 Å². The lowest BCUT2D eigenvalue weighted by atomic mass is 10.1. The summed E-state index contributed by atoms with van der Waals surface area (Å²) in [6.45, 7) is 9.49. The van der Waals surface area contributed by atoms with E-state index in [4.69, 9.17) is 34.0 Å². The highest BCUT2D eigenvalue weighted by Gasteiger charge is 2.21. The van der Waals surface area contributed by atoms with Crippen LogP contribution in [0.15, 0.2) is 36.5 Å². The number of aryl methyl sites for hydroxylation is 1. The molecule has 1 aromatic carbocycles. The first-order valence-electron chi connectivity index (χ1n) is 8.66. The minimum atomic E-state index is 0.208. The zero-order valence-electron chi connectivity index (χ0n) is 15.2. The third-order valence-corrected chi connectivity index (χ3v) is 5.44. The van der Waals surface area contributed by atoms with Gasteiger partial charge in [0.25, 0.3) is 0 Å². The van der Waals surface area contributed by atoms with Crippen molar-refractivity contribution in [2.24, 2.45) is 0 Å². The molecule has 3 rings (SSSR count). The number of hydrogen-bond acceptors (Lipinski definition) is 5. The summed E-state index contributed by atoms with van der Waals surface area (Å²) in [5.41, 5.74) is 3.29. The topological polar surface area (TPSA) is 72.0 Å². The first kappa shape index (κ1) is 19.5. The molecule has 2 aromatic rings. The molecule has 8 heteroatoms. The average molecular weight is 405 g/mol. The summed E-state index contributed by atoms with van der Waals surface area (Å²) in [7, 11) is 0. The summed E-state index contributed by atoms with van der Waals surface area (Å²) >= 11 is 12.1. The number of anilines is 1. The molecule has 2 N–H and O–H groups in total. The van der Waals surface area contributed by atoms with Gasteiger partial charge in [0, 0.05) is 38.3 Å². The van der Waals surface area contributed by atoms with Gasteiger partial charge in [0.05, 0.1) is 10.0 Å². The highest BCUT2D eigenvalue weighted by Crippen LogP contribution is 2.25. The van der Waals surface area contributed by atoms with E-state index >= 15 is 0 Å². The van der Waals surface area contributed by atoms with Crippen molar-refractivity contribution in [3.8, 4) is 0 Å². The Labute approximate surface area is 168 Å². The van der Waals surface area contributed by atoms with Gasteiger partial charge >= 0.3 is 0 Å². The maximum Gasteiger partial charge on any atom is 0.152 e. The molecule has 6 nitrogen and oxygen atoms in total. The molecule has 1 aliphatic heterocycles. The van der Waals surface area contributed by atoms with Crippen molar-refractivity contribution in [3.05, 3.63) is 63.2 Å². The number of piperazine rings is 1. The first-order chi connectivity index (χ1) is 12.9. The number of rotatable bonds is 5. The molecule has 0 amide bonds. The summed E-state index contributed by atoms with van der Waals surface area (Å²) in [5.74, 6) is 0.823. The third kappa shape index (κ3) is 4.34. The molecular formula is C19H22Cl2N6. The van der Waals surface area contributed by atoms with Gasteiger partial charge in [-0.2, -0.15) is 0 Å². The van der Waals surface area contributed by atoms with Crippen LogP contribution in [0.1, 0.15) is 11.1 Å². The van der Waals surface area contributed by atoms with E-state index in [1.807, 2.05) is 25.1 Å². The van der Waals surface area contributed by atoms with Crippen LogP contribution in [-0.4, -0.2) is 47.2 Å². The molecular weight excluding hydrogens is 383 g/mol. The second kappa shape index (κ2) is 8.15. The second-order valence-electron chi connectivity index (χ2n) is 6.58. The molecule has 0 spiro atoms. The van der Waals surface area contributed by atoms with Crippen LogP contribution in [0.2, 0.25) is 10.0 Å². The van der Waals surface area contributed by atoms with Gasteiger partial charge < -0.3 is 9.80 Å². The molecule has 142 valence electrons. The largest absolute Gasteiger partial charge is 0.371 e. The van der Waals surface area contributed by atoms with Gasteiger partial charge in [-0.15, -0.1) is 5.10 Å². The fraction of sp³-hybridized carbons (Fsp3) is 0.316. The van der Waals surface area contributed by atoms with E-state index in [0.717, 1.165) is 61.6 Å². The number of nitrogens with one attached hydrogen (secondary N) is 2. The molecule has 0 saturated carbocycles. The minimum absolute atomic E-state index is 0.208. The smallest absolute Gasteiger partial charge is 0.152 e. The maximum atomic E-state index is 7.84. The Balaban J connectivity index is 1.65. The standard InChI is InChI=1S/C19H22Cl2N6/c1-13-9-18(23)27(12-22)24-19(13)26-7-5-25(6-8-26)14(2)10-15-3-4-16(20)17(21)11-15/h3-4,9,11-12,22-23H,2,5-8,10H2,1H3. The van der Waals surface area contributed by atoms with E-state index < -0.39 is 0 Å². The zero-order valence-corrected chi connectivity index (χ0v) is 16.7. The number of benzene rings is 1. The third-order valence-electron chi connectivity index (χ3n) is 4.70. The van der Waals surface area contributed by atoms with Gasteiger partial charge in [0.1, 0.15) is 11.8 Å². The molecule has 1 aromatic heterocycles. The molecule has 0 unspecified atom stereocenters. The normalized spacial score (nSPS) is 14.3. The maximum absolute atomic E-state index is 7.84. The average Bonchev–Trinajstić information content (AvgIpc) is 2.65. The number of hydrogen-bond donors (Lipinski definition) is 2. The summed E-state index contributed by atoms with van der Waals surface area (Å²) in [6.07, 6.45) is 1.79. The van der Waals surface area contributed by atoms with Gasteiger partial charge in [-0.1, -0.05) is 35.8 Å². The number of aromatic nitrogens is 2. The molecule has 27 heavy (non-hydrogen) atoms. The van der Waals surface area contributed by atoms with Crippen LogP contribution in [-0.2, 0) is 6.42 Å². The lowest BCUT2D eigenvalue weighted by Gasteiger charge is -2.38. The van der Waals surface area contributed by atoms with Gasteiger partial charge in [-0.05, 0) is 36.2 Å². The summed E-state index contributed by atoms with van der Waals surface area (Å²) in [5, 5.41) is 20.8. The highest BCUT2D eigenvalue weighted by atomic mass is 35.5. The quantitative estimate of drug-likeness (QED) is 0.592. The van der Waals surface area contributed by atoms with E-state index in [1.54, 1.807) is 6.07 Å². The molecule has 0 bridgehead atoms. The van der Waals surface area contributed by atoms with Gasteiger partial charge in [0.15, 0.2) is 5.82 Å². The van der Waals surface area contributed by atoms with Crippen molar-refractivity contribution in [2.75, 3.05) is 31.1 Å². The summed E-state index contributed by atoms with van der Waals surface area (Å²) in [4.78, 5) is 4.47. The number of halogens is 2. The molecule has 0 aliphatic carbocycles. The molecule has 1 saturated heterocycles. The highest BCUT2D eigenvalue weighted by molar-refractivity contribution is 6.42. The van der Waals surface area contributed by atoms with Crippen LogP contribution in [0.5, 0.6) is 0 Å². The SMILES string of the molecule is C=C(Cc1ccc(Cl)c(Cl)c1)N1CCN(c2nn(C=N)c(=N)cc2C)CC1. The van der Waals surface area contributed by atoms with Crippen molar-refractivity contribution in [2.45, 2.75) is 13.3 Å². The first-order valence-corrected chi connectivity index (χ1v) is 9.42. The Morgan fingerprint density at radius 1 is 1.19 bits per heavy atom. The van der Waals surface area contributed by atoms with Crippen LogP contribution >= 0.6 is 23.2 Å². The Morgan fingerprint density at radius 3 is 2.52 bits per heavy atom. The van der Waals surface area contributed by atoms with Crippen LogP contribution < -0.4 is 10.4 Å². The van der Waals surface area contributed by atoms with Crippen LogP contribution in [0, 0.1) is 17.7 Å². The molecule has 1 aliphatic rings. The Kier molecular flexibility index (Phi) is 5.87. The predicted molar refractivity (Wildman–Crippen MR) is 110 cm³/mol. The molecule has 1 fully saturated rings. The van der Waals surface area contributed by atoms with E-state index in [1.165, 1.54) is 4.68 Å². The fourth-order valence-corrected chi connectivity index (χ4v) is 3.53. The fourth-order valence-electron chi connectivity index (χ4n) is 3.21. The monoisotopic (exact) mass is 404 g/mol. The summed E-state index contributed by atoms with van der Waals surface area (Å²) < 4.78 is 1.28. The van der Waals surface area contributed by atoms with E-state index in [2.05, 4.69) is 21.5 Å². The van der Waals surface area contributed by atoms with Crippen molar-refractivity contribution in [1.29, 1.82) is 10.8 Å². The lowest BCUT2D eigenvalue weighted by Crippen LogP contribution is -2.47. The molecule has 0 radical (unpaired) electrons. The predicted octanol–water partition coefficient (Wildman–Crippen LogP) is 3.31. The molecule has 2 heterocycles. The second-order valence-corrected chi connectivity index (χ2v) is 7.39. The number of allylic oxidation sites excluding steroid dienone is 1. The van der Waals surface area contributed by atoms with Gasteiger partial charge in [-0.3, -0.25) is 10.8 Å². The van der Waals surface area contributed by atoms with Crippen molar-refractivity contribution in [1.82, 2.24) is 14.7 Å². The minimum Gasteiger partial charge on any atom is -0.371 e. The zero-order chi connectivity index (χ0) is 19.6. The van der Waals surface area contributed by atoms with Crippen molar-refractivity contribution < 1.29 is 0 Å². The van der Waals surface area contributed by atoms with Crippen LogP contribution in [0.3, 0.4) is 0 Å². The lowest BCUT2D eigenvalue weighted by molar-refractivity contribution is 0.315. The van der Waals surface area contributed by atoms with E-state index in [-0.39, 0.29) is 5.49 Å². The van der Waals surface area contributed by atoms with E-state index in [0.29, 0.717) is 10.0 Å². The van der Waals surface area contributed by atoms with Crippen LogP contribution in [0.4, 0.5) is 5.82 Å².